The Balaban J connectivity index is 2.08. The van der Waals surface area contributed by atoms with E-state index < -0.39 is 22.0 Å². The van der Waals surface area contributed by atoms with Crippen LogP contribution in [0.3, 0.4) is 0 Å². The Kier molecular flexibility index (Phi) is 4.09. The average molecular weight is 353 g/mol. The summed E-state index contributed by atoms with van der Waals surface area (Å²) in [4.78, 5) is 15.4. The molecule has 8 heteroatoms. The van der Waals surface area contributed by atoms with Crippen molar-refractivity contribution in [2.45, 2.75) is 17.4 Å². The number of pyridine rings is 1. The molecule has 1 N–H and O–H groups in total. The van der Waals surface area contributed by atoms with Gasteiger partial charge in [0.25, 0.3) is 0 Å². The normalized spacial score (nSPS) is 18.4. The van der Waals surface area contributed by atoms with Crippen LogP contribution < -0.4 is 0 Å². The number of fused-ring (bicyclic) bond motifs is 1. The summed E-state index contributed by atoms with van der Waals surface area (Å²) in [5.41, 5.74) is 1.34. The van der Waals surface area contributed by atoms with E-state index in [0.29, 0.717) is 12.0 Å². The average Bonchev–Trinajstić information content (AvgIpc) is 2.54. The van der Waals surface area contributed by atoms with Crippen LogP contribution in [0.2, 0.25) is 5.15 Å². The van der Waals surface area contributed by atoms with Crippen molar-refractivity contribution in [1.29, 1.82) is 0 Å². The largest absolute Gasteiger partial charge is 0.480 e. The van der Waals surface area contributed by atoms with Gasteiger partial charge in [0.05, 0.1) is 0 Å². The van der Waals surface area contributed by atoms with E-state index in [1.165, 1.54) is 12.1 Å². The van der Waals surface area contributed by atoms with Gasteiger partial charge in [-0.2, -0.15) is 4.31 Å². The van der Waals surface area contributed by atoms with Gasteiger partial charge >= 0.3 is 5.97 Å². The van der Waals surface area contributed by atoms with Gasteiger partial charge in [-0.3, -0.25) is 4.79 Å². The van der Waals surface area contributed by atoms with Crippen molar-refractivity contribution in [3.05, 3.63) is 58.9 Å². The van der Waals surface area contributed by atoms with E-state index in [1.807, 2.05) is 12.1 Å². The summed E-state index contributed by atoms with van der Waals surface area (Å²) in [5.74, 6) is -1.21. The van der Waals surface area contributed by atoms with Crippen LogP contribution in [-0.4, -0.2) is 35.3 Å². The summed E-state index contributed by atoms with van der Waals surface area (Å²) in [5, 5.41) is 9.74. The molecular formula is C15H13ClN2O4S. The van der Waals surface area contributed by atoms with Gasteiger partial charge in [-0.05, 0) is 29.7 Å². The molecule has 6 nitrogen and oxygen atoms in total. The van der Waals surface area contributed by atoms with Gasteiger partial charge in [0.15, 0.2) is 0 Å². The van der Waals surface area contributed by atoms with Crippen molar-refractivity contribution in [2.75, 3.05) is 6.54 Å². The summed E-state index contributed by atoms with van der Waals surface area (Å²) in [7, 11) is -3.98. The summed E-state index contributed by atoms with van der Waals surface area (Å²) >= 11 is 5.68. The van der Waals surface area contributed by atoms with Crippen LogP contribution in [0.15, 0.2) is 47.5 Å². The van der Waals surface area contributed by atoms with E-state index in [2.05, 4.69) is 4.98 Å². The van der Waals surface area contributed by atoms with Gasteiger partial charge in [0.2, 0.25) is 10.0 Å². The first-order chi connectivity index (χ1) is 10.9. The molecular weight excluding hydrogens is 340 g/mol. The lowest BCUT2D eigenvalue weighted by Gasteiger charge is -2.33. The third-order valence-electron chi connectivity index (χ3n) is 3.78. The molecule has 23 heavy (non-hydrogen) atoms. The Labute approximate surface area is 138 Å². The molecule has 0 saturated heterocycles. The molecule has 1 aliphatic heterocycles. The minimum Gasteiger partial charge on any atom is -0.480 e. The summed E-state index contributed by atoms with van der Waals surface area (Å²) in [6.45, 7) is 0.0962. The van der Waals surface area contributed by atoms with Crippen molar-refractivity contribution in [1.82, 2.24) is 9.29 Å². The maximum atomic E-state index is 12.8. The van der Waals surface area contributed by atoms with Gasteiger partial charge in [-0.1, -0.05) is 35.9 Å². The predicted octanol–water partition coefficient (Wildman–Crippen LogP) is 2.11. The van der Waals surface area contributed by atoms with Gasteiger partial charge in [-0.15, -0.1) is 0 Å². The number of aromatic nitrogens is 1. The fraction of sp³-hybridized carbons (Fsp3) is 0.200. The Hall–Kier alpha value is -1.96. The Morgan fingerprint density at radius 1 is 1.26 bits per heavy atom. The minimum atomic E-state index is -3.98. The maximum absolute atomic E-state index is 12.8. The Morgan fingerprint density at radius 3 is 2.65 bits per heavy atom. The number of aliphatic carboxylic acids is 1. The number of benzene rings is 1. The van der Waals surface area contributed by atoms with Gasteiger partial charge in [-0.25, -0.2) is 13.4 Å². The quantitative estimate of drug-likeness (QED) is 0.855. The molecule has 0 bridgehead atoms. The predicted molar refractivity (Wildman–Crippen MR) is 83.7 cm³/mol. The number of carboxylic acid groups (broad SMARTS) is 1. The molecule has 0 fully saturated rings. The number of carbonyl (C=O) groups is 1. The van der Waals surface area contributed by atoms with E-state index in [-0.39, 0.29) is 16.6 Å². The zero-order chi connectivity index (χ0) is 16.6. The molecule has 1 atom stereocenters. The molecule has 0 spiro atoms. The van der Waals surface area contributed by atoms with Gasteiger partial charge < -0.3 is 5.11 Å². The van der Waals surface area contributed by atoms with Crippen LogP contribution in [0.5, 0.6) is 0 Å². The Bertz CT molecular complexity index is 852. The highest BCUT2D eigenvalue weighted by molar-refractivity contribution is 7.89. The SMILES string of the molecule is O=C(O)[C@H]1c2ccccc2CCN1S(=O)(=O)c1ccc(Cl)nc1. The van der Waals surface area contributed by atoms with Crippen molar-refractivity contribution >= 4 is 27.6 Å². The first-order valence-electron chi connectivity index (χ1n) is 6.85. The molecule has 1 aliphatic rings. The highest BCUT2D eigenvalue weighted by Crippen LogP contribution is 2.34. The summed E-state index contributed by atoms with van der Waals surface area (Å²) < 4.78 is 26.6. The number of carboxylic acids is 1. The summed E-state index contributed by atoms with van der Waals surface area (Å²) in [6, 6.07) is 8.42. The van der Waals surface area contributed by atoms with E-state index >= 15 is 0 Å². The van der Waals surface area contributed by atoms with Crippen molar-refractivity contribution in [3.8, 4) is 0 Å². The monoisotopic (exact) mass is 352 g/mol. The fourth-order valence-corrected chi connectivity index (χ4v) is 4.33. The lowest BCUT2D eigenvalue weighted by atomic mass is 9.94. The number of hydrogen-bond donors (Lipinski definition) is 1. The lowest BCUT2D eigenvalue weighted by Crippen LogP contribution is -2.43. The minimum absolute atomic E-state index is 0.0764. The molecule has 0 unspecified atom stereocenters. The van der Waals surface area contributed by atoms with Crippen LogP contribution in [-0.2, 0) is 21.2 Å². The second-order valence-corrected chi connectivity index (χ2v) is 7.40. The highest BCUT2D eigenvalue weighted by atomic mass is 35.5. The maximum Gasteiger partial charge on any atom is 0.326 e. The van der Waals surface area contributed by atoms with Crippen molar-refractivity contribution in [2.24, 2.45) is 0 Å². The molecule has 120 valence electrons. The molecule has 0 radical (unpaired) electrons. The van der Waals surface area contributed by atoms with Crippen LogP contribution >= 0.6 is 11.6 Å². The molecule has 2 aromatic rings. The zero-order valence-corrected chi connectivity index (χ0v) is 13.5. The number of hydrogen-bond acceptors (Lipinski definition) is 4. The lowest BCUT2D eigenvalue weighted by molar-refractivity contribution is -0.142. The van der Waals surface area contributed by atoms with Crippen molar-refractivity contribution < 1.29 is 18.3 Å². The van der Waals surface area contributed by atoms with Crippen LogP contribution in [0, 0.1) is 0 Å². The van der Waals surface area contributed by atoms with Gasteiger partial charge in [0.1, 0.15) is 16.1 Å². The third-order valence-corrected chi connectivity index (χ3v) is 5.85. The molecule has 3 rings (SSSR count). The van der Waals surface area contributed by atoms with Crippen molar-refractivity contribution in [3.63, 3.8) is 0 Å². The first-order valence-corrected chi connectivity index (χ1v) is 8.67. The first kappa shape index (κ1) is 15.9. The second kappa shape index (κ2) is 5.92. The van der Waals surface area contributed by atoms with Crippen LogP contribution in [0.1, 0.15) is 17.2 Å². The molecule has 0 saturated carbocycles. The van der Waals surface area contributed by atoms with E-state index in [0.717, 1.165) is 16.1 Å². The highest BCUT2D eigenvalue weighted by Gasteiger charge is 2.40. The van der Waals surface area contributed by atoms with E-state index in [9.17, 15) is 18.3 Å². The topological polar surface area (TPSA) is 87.6 Å². The summed E-state index contributed by atoms with van der Waals surface area (Å²) in [6.07, 6.45) is 1.59. The smallest absolute Gasteiger partial charge is 0.326 e. The third kappa shape index (κ3) is 2.83. The van der Waals surface area contributed by atoms with Gasteiger partial charge in [0, 0.05) is 12.7 Å². The Morgan fingerprint density at radius 2 is 2.00 bits per heavy atom. The van der Waals surface area contributed by atoms with E-state index in [1.54, 1.807) is 12.1 Å². The molecule has 2 heterocycles. The zero-order valence-electron chi connectivity index (χ0n) is 11.9. The number of rotatable bonds is 3. The fourth-order valence-electron chi connectivity index (χ4n) is 2.71. The number of sulfonamides is 1. The molecule has 1 aromatic carbocycles. The standard InChI is InChI=1S/C15H13ClN2O4S/c16-13-6-5-11(9-17-13)23(21,22)18-8-7-10-3-1-2-4-12(10)14(18)15(19)20/h1-6,9,14H,7-8H2,(H,19,20)/t14-/m1/s1. The number of nitrogens with zero attached hydrogens (tertiary/aromatic N) is 2. The second-order valence-electron chi connectivity index (χ2n) is 5.12. The molecule has 1 aromatic heterocycles. The molecule has 0 amide bonds. The van der Waals surface area contributed by atoms with Crippen LogP contribution in [0.25, 0.3) is 0 Å². The molecule has 0 aliphatic carbocycles. The number of halogens is 1. The van der Waals surface area contributed by atoms with E-state index in [4.69, 9.17) is 11.6 Å². The van der Waals surface area contributed by atoms with Crippen LogP contribution in [0.4, 0.5) is 0 Å².